The second kappa shape index (κ2) is 9.85. The van der Waals surface area contributed by atoms with Gasteiger partial charge in [-0.25, -0.2) is 0 Å². The van der Waals surface area contributed by atoms with Crippen LogP contribution in [-0.4, -0.2) is 72.1 Å². The minimum atomic E-state index is -0.426. The SMILES string of the molecule is O=C(NC[C@H]1CCCN2CCCC[C@H]12)[C@H]1c2ccccc2C(=O)N(C[C@H]2CCCO2)C12CCCC2. The molecule has 0 radical (unpaired) electrons. The lowest BCUT2D eigenvalue weighted by Gasteiger charge is -2.51. The van der Waals surface area contributed by atoms with Gasteiger partial charge >= 0.3 is 0 Å². The monoisotopic (exact) mass is 479 g/mol. The molecular formula is C29H41N3O3. The fourth-order valence-corrected chi connectivity index (χ4v) is 8.07. The van der Waals surface area contributed by atoms with E-state index in [4.69, 9.17) is 4.74 Å². The molecule has 1 saturated carbocycles. The van der Waals surface area contributed by atoms with Gasteiger partial charge in [0.1, 0.15) is 0 Å². The van der Waals surface area contributed by atoms with Crippen molar-refractivity contribution in [1.29, 1.82) is 0 Å². The first kappa shape index (κ1) is 23.5. The molecule has 4 heterocycles. The normalized spacial score (nSPS) is 32.5. The molecule has 0 bridgehead atoms. The lowest BCUT2D eigenvalue weighted by atomic mass is 9.70. The molecule has 6 nitrogen and oxygen atoms in total. The van der Waals surface area contributed by atoms with E-state index in [0.717, 1.165) is 57.2 Å². The Morgan fingerprint density at radius 3 is 2.66 bits per heavy atom. The molecule has 6 heteroatoms. The van der Waals surface area contributed by atoms with Crippen molar-refractivity contribution in [3.05, 3.63) is 35.4 Å². The van der Waals surface area contributed by atoms with E-state index in [1.807, 2.05) is 24.3 Å². The summed E-state index contributed by atoms with van der Waals surface area (Å²) in [5.41, 5.74) is 1.22. The van der Waals surface area contributed by atoms with Crippen LogP contribution in [0.2, 0.25) is 0 Å². The largest absolute Gasteiger partial charge is 0.376 e. The minimum Gasteiger partial charge on any atom is -0.376 e. The van der Waals surface area contributed by atoms with Crippen LogP contribution in [0.5, 0.6) is 0 Å². The Morgan fingerprint density at radius 2 is 1.83 bits per heavy atom. The molecule has 1 N–H and O–H groups in total. The predicted molar refractivity (Wildman–Crippen MR) is 135 cm³/mol. The average Bonchev–Trinajstić information content (AvgIpc) is 3.58. The van der Waals surface area contributed by atoms with Crippen LogP contribution in [0.4, 0.5) is 0 Å². The highest BCUT2D eigenvalue weighted by molar-refractivity contribution is 6.02. The molecule has 1 aromatic carbocycles. The summed E-state index contributed by atoms with van der Waals surface area (Å²) < 4.78 is 5.97. The third kappa shape index (κ3) is 4.21. The summed E-state index contributed by atoms with van der Waals surface area (Å²) in [6.45, 7) is 4.58. The number of hydrogen-bond acceptors (Lipinski definition) is 4. The molecule has 1 spiro atoms. The molecule has 4 aliphatic heterocycles. The summed E-state index contributed by atoms with van der Waals surface area (Å²) >= 11 is 0. The van der Waals surface area contributed by atoms with E-state index in [9.17, 15) is 9.59 Å². The molecule has 0 aromatic heterocycles. The maximum atomic E-state index is 14.1. The number of benzene rings is 1. The van der Waals surface area contributed by atoms with Crippen LogP contribution in [0.25, 0.3) is 0 Å². The third-order valence-electron chi connectivity index (χ3n) is 9.73. The molecule has 190 valence electrons. The Hall–Kier alpha value is -1.92. The summed E-state index contributed by atoms with van der Waals surface area (Å²) in [6.07, 6.45) is 12.4. The van der Waals surface area contributed by atoms with Gasteiger partial charge in [-0.1, -0.05) is 37.5 Å². The van der Waals surface area contributed by atoms with Crippen LogP contribution in [0.1, 0.15) is 92.5 Å². The molecule has 0 unspecified atom stereocenters. The van der Waals surface area contributed by atoms with E-state index in [1.165, 1.54) is 45.2 Å². The predicted octanol–water partition coefficient (Wildman–Crippen LogP) is 4.10. The second-order valence-electron chi connectivity index (χ2n) is 11.6. The van der Waals surface area contributed by atoms with E-state index < -0.39 is 5.54 Å². The number of nitrogens with one attached hydrogen (secondary N) is 1. The fraction of sp³-hybridized carbons (Fsp3) is 0.724. The smallest absolute Gasteiger partial charge is 0.254 e. The summed E-state index contributed by atoms with van der Waals surface area (Å²) in [7, 11) is 0. The second-order valence-corrected chi connectivity index (χ2v) is 11.6. The lowest BCUT2D eigenvalue weighted by Crippen LogP contribution is -2.62. The van der Waals surface area contributed by atoms with Crippen molar-refractivity contribution in [2.45, 2.75) is 94.2 Å². The zero-order valence-corrected chi connectivity index (χ0v) is 21.1. The Labute approximate surface area is 209 Å². The van der Waals surface area contributed by atoms with Crippen LogP contribution in [0.15, 0.2) is 24.3 Å². The number of carbonyl (C=O) groups is 2. The molecule has 3 saturated heterocycles. The Kier molecular flexibility index (Phi) is 6.61. The maximum Gasteiger partial charge on any atom is 0.254 e. The lowest BCUT2D eigenvalue weighted by molar-refractivity contribution is -0.127. The zero-order chi connectivity index (χ0) is 23.8. The summed E-state index contributed by atoms with van der Waals surface area (Å²) in [5, 5.41) is 3.44. The molecule has 2 amide bonds. The maximum absolute atomic E-state index is 14.1. The van der Waals surface area contributed by atoms with Gasteiger partial charge in [-0.05, 0) is 82.0 Å². The van der Waals surface area contributed by atoms with Crippen LogP contribution < -0.4 is 5.32 Å². The van der Waals surface area contributed by atoms with Crippen molar-refractivity contribution in [2.75, 3.05) is 32.8 Å². The number of nitrogens with zero attached hydrogens (tertiary/aromatic N) is 2. The van der Waals surface area contributed by atoms with Crippen molar-refractivity contribution in [3.8, 4) is 0 Å². The van der Waals surface area contributed by atoms with Crippen molar-refractivity contribution in [2.24, 2.45) is 5.92 Å². The molecule has 4 atom stereocenters. The summed E-state index contributed by atoms with van der Waals surface area (Å²) in [6, 6.07) is 8.50. The quantitative estimate of drug-likeness (QED) is 0.691. The third-order valence-corrected chi connectivity index (χ3v) is 9.73. The van der Waals surface area contributed by atoms with Gasteiger partial charge in [-0.2, -0.15) is 0 Å². The van der Waals surface area contributed by atoms with Gasteiger partial charge in [0.05, 0.1) is 17.6 Å². The summed E-state index contributed by atoms with van der Waals surface area (Å²) in [4.78, 5) is 32.7. The van der Waals surface area contributed by atoms with Crippen LogP contribution in [-0.2, 0) is 9.53 Å². The topological polar surface area (TPSA) is 61.9 Å². The van der Waals surface area contributed by atoms with Gasteiger partial charge in [0.25, 0.3) is 5.91 Å². The number of fused-ring (bicyclic) bond motifs is 2. The Bertz CT molecular complexity index is 935. The van der Waals surface area contributed by atoms with Crippen LogP contribution >= 0.6 is 0 Å². The first-order valence-electron chi connectivity index (χ1n) is 14.2. The standard InChI is InChI=1S/C29H41N3O3/c33-27(30-19-21-9-7-17-31-16-6-3-13-25(21)31)26-23-11-1-2-12-24(23)28(34)32(20-22-10-8-18-35-22)29(26)14-4-5-15-29/h1-2,11-12,21-22,25-26H,3-10,13-20H2,(H,30,33)/t21-,22-,25-,26-/m1/s1. The molecule has 4 fully saturated rings. The van der Waals surface area contributed by atoms with Gasteiger partial charge in [0.15, 0.2) is 0 Å². The number of hydrogen-bond donors (Lipinski definition) is 1. The minimum absolute atomic E-state index is 0.0879. The highest BCUT2D eigenvalue weighted by Crippen LogP contribution is 2.50. The molecule has 1 aromatic rings. The highest BCUT2D eigenvalue weighted by atomic mass is 16.5. The Balaban J connectivity index is 1.28. The molecule has 1 aliphatic carbocycles. The van der Waals surface area contributed by atoms with Gasteiger partial charge in [0.2, 0.25) is 5.91 Å². The van der Waals surface area contributed by atoms with Gasteiger partial charge < -0.3 is 19.9 Å². The Morgan fingerprint density at radius 1 is 1.00 bits per heavy atom. The van der Waals surface area contributed by atoms with Crippen LogP contribution in [0, 0.1) is 5.92 Å². The molecular weight excluding hydrogens is 438 g/mol. The van der Waals surface area contributed by atoms with Crippen molar-refractivity contribution < 1.29 is 14.3 Å². The van der Waals surface area contributed by atoms with Crippen molar-refractivity contribution >= 4 is 11.8 Å². The van der Waals surface area contributed by atoms with E-state index >= 15 is 0 Å². The van der Waals surface area contributed by atoms with E-state index in [-0.39, 0.29) is 23.8 Å². The summed E-state index contributed by atoms with van der Waals surface area (Å²) in [5.74, 6) is 0.451. The van der Waals surface area contributed by atoms with E-state index in [0.29, 0.717) is 24.1 Å². The van der Waals surface area contributed by atoms with E-state index in [1.54, 1.807) is 0 Å². The number of carbonyl (C=O) groups excluding carboxylic acids is 2. The average molecular weight is 480 g/mol. The first-order chi connectivity index (χ1) is 17.2. The number of ether oxygens (including phenoxy) is 1. The number of amides is 2. The van der Waals surface area contributed by atoms with Gasteiger partial charge in [-0.15, -0.1) is 0 Å². The number of piperidine rings is 2. The number of rotatable bonds is 5. The first-order valence-corrected chi connectivity index (χ1v) is 14.2. The molecule has 6 rings (SSSR count). The highest BCUT2D eigenvalue weighted by Gasteiger charge is 2.56. The van der Waals surface area contributed by atoms with Gasteiger partial charge in [0, 0.05) is 31.3 Å². The van der Waals surface area contributed by atoms with Gasteiger partial charge in [-0.3, -0.25) is 9.59 Å². The van der Waals surface area contributed by atoms with Crippen molar-refractivity contribution in [1.82, 2.24) is 15.1 Å². The zero-order valence-electron chi connectivity index (χ0n) is 21.1. The van der Waals surface area contributed by atoms with Crippen LogP contribution in [0.3, 0.4) is 0 Å². The molecule has 5 aliphatic rings. The fourth-order valence-electron chi connectivity index (χ4n) is 8.07. The molecule has 35 heavy (non-hydrogen) atoms. The van der Waals surface area contributed by atoms with E-state index in [2.05, 4.69) is 15.1 Å². The van der Waals surface area contributed by atoms with Crippen molar-refractivity contribution in [3.63, 3.8) is 0 Å².